The van der Waals surface area contributed by atoms with Crippen LogP contribution in [0.15, 0.2) is 12.1 Å². The van der Waals surface area contributed by atoms with Gasteiger partial charge in [0.2, 0.25) is 0 Å². The predicted octanol–water partition coefficient (Wildman–Crippen LogP) is 1.64. The lowest BCUT2D eigenvalue weighted by atomic mass is 10.3. The van der Waals surface area contributed by atoms with Crippen molar-refractivity contribution in [2.75, 3.05) is 11.5 Å². The van der Waals surface area contributed by atoms with Crippen molar-refractivity contribution in [1.29, 1.82) is 0 Å². The van der Waals surface area contributed by atoms with E-state index in [0.29, 0.717) is 0 Å². The molecule has 0 saturated carbocycles. The summed E-state index contributed by atoms with van der Waals surface area (Å²) in [4.78, 5) is 0. The number of hydrogen-bond acceptors (Lipinski definition) is 2. The van der Waals surface area contributed by atoms with Gasteiger partial charge in [0.05, 0.1) is 10.7 Å². The van der Waals surface area contributed by atoms with Crippen LogP contribution in [0.25, 0.3) is 0 Å². The molecule has 10 heavy (non-hydrogen) atoms. The molecule has 54 valence electrons. The van der Waals surface area contributed by atoms with Gasteiger partial charge in [-0.15, -0.1) is 0 Å². The monoisotopic (exact) mass is 160 g/mol. The first-order chi connectivity index (χ1) is 4.61. The minimum Gasteiger partial charge on any atom is -0.399 e. The predicted molar refractivity (Wildman–Crippen MR) is 40.2 cm³/mol. The summed E-state index contributed by atoms with van der Waals surface area (Å²) in [7, 11) is 0. The molecule has 0 heterocycles. The first-order valence-electron chi connectivity index (χ1n) is 2.61. The summed E-state index contributed by atoms with van der Waals surface area (Å²) in [5.74, 6) is -0.584. The van der Waals surface area contributed by atoms with Crippen molar-refractivity contribution in [1.82, 2.24) is 0 Å². The van der Waals surface area contributed by atoms with Crippen LogP contribution >= 0.6 is 11.6 Å². The number of hydrogen-bond donors (Lipinski definition) is 2. The molecule has 0 aliphatic carbocycles. The van der Waals surface area contributed by atoms with E-state index >= 15 is 0 Å². The molecule has 0 atom stereocenters. The van der Waals surface area contributed by atoms with Crippen molar-refractivity contribution in [2.24, 2.45) is 0 Å². The molecule has 0 aliphatic heterocycles. The van der Waals surface area contributed by atoms with E-state index in [2.05, 4.69) is 0 Å². The normalized spacial score (nSPS) is 9.80. The molecule has 0 aromatic heterocycles. The van der Waals surface area contributed by atoms with Gasteiger partial charge in [-0.1, -0.05) is 11.6 Å². The van der Waals surface area contributed by atoms with Crippen molar-refractivity contribution < 1.29 is 4.39 Å². The van der Waals surface area contributed by atoms with Gasteiger partial charge in [-0.05, 0) is 12.1 Å². The minimum absolute atomic E-state index is 0.0748. The van der Waals surface area contributed by atoms with Crippen LogP contribution in [0, 0.1) is 5.82 Å². The maximum Gasteiger partial charge on any atom is 0.145 e. The zero-order valence-electron chi connectivity index (χ0n) is 5.07. The average molecular weight is 161 g/mol. The van der Waals surface area contributed by atoms with Crippen molar-refractivity contribution in [3.63, 3.8) is 0 Å². The molecule has 1 aromatic rings. The highest BCUT2D eigenvalue weighted by Gasteiger charge is 2.03. The molecule has 0 aliphatic rings. The number of nitrogen functional groups attached to an aromatic ring is 2. The molecule has 4 N–H and O–H groups in total. The van der Waals surface area contributed by atoms with Gasteiger partial charge in [-0.25, -0.2) is 4.39 Å². The van der Waals surface area contributed by atoms with Crippen LogP contribution in [0.1, 0.15) is 0 Å². The Morgan fingerprint density at radius 2 is 1.90 bits per heavy atom. The molecule has 0 spiro atoms. The Morgan fingerprint density at radius 3 is 2.40 bits per heavy atom. The molecule has 0 bridgehead atoms. The molecule has 0 amide bonds. The first-order valence-corrected chi connectivity index (χ1v) is 2.99. The van der Waals surface area contributed by atoms with E-state index in [4.69, 9.17) is 23.1 Å². The van der Waals surface area contributed by atoms with E-state index in [1.807, 2.05) is 0 Å². The zero-order valence-corrected chi connectivity index (χ0v) is 5.82. The van der Waals surface area contributed by atoms with Gasteiger partial charge in [0.15, 0.2) is 0 Å². The number of anilines is 2. The Labute approximate surface area is 62.6 Å². The second-order valence-corrected chi connectivity index (χ2v) is 2.28. The minimum atomic E-state index is -0.584. The van der Waals surface area contributed by atoms with E-state index in [1.165, 1.54) is 6.07 Å². The molecule has 2 nitrogen and oxygen atoms in total. The Bertz CT molecular complexity index is 239. The van der Waals surface area contributed by atoms with Crippen LogP contribution in [-0.2, 0) is 0 Å². The van der Waals surface area contributed by atoms with Crippen LogP contribution in [0.2, 0.25) is 5.02 Å². The summed E-state index contributed by atoms with van der Waals surface area (Å²) in [6, 6.07) is 2.53. The molecular formula is C6H6ClFN2. The van der Waals surface area contributed by atoms with E-state index in [1.54, 1.807) is 0 Å². The fraction of sp³-hybridized carbons (Fsp3) is 0. The fourth-order valence-corrected chi connectivity index (χ4v) is 0.741. The highest BCUT2D eigenvalue weighted by Crippen LogP contribution is 2.24. The maximum atomic E-state index is 12.5. The van der Waals surface area contributed by atoms with E-state index in [0.717, 1.165) is 6.07 Å². The van der Waals surface area contributed by atoms with Gasteiger partial charge >= 0.3 is 0 Å². The van der Waals surface area contributed by atoms with Crippen LogP contribution in [0.5, 0.6) is 0 Å². The van der Waals surface area contributed by atoms with Gasteiger partial charge in [0.25, 0.3) is 0 Å². The zero-order chi connectivity index (χ0) is 7.72. The lowest BCUT2D eigenvalue weighted by Gasteiger charge is -1.99. The highest BCUT2D eigenvalue weighted by molar-refractivity contribution is 6.33. The highest BCUT2D eigenvalue weighted by atomic mass is 35.5. The lowest BCUT2D eigenvalue weighted by Crippen LogP contribution is -1.93. The summed E-state index contributed by atoms with van der Waals surface area (Å²) in [6.45, 7) is 0. The maximum absolute atomic E-state index is 12.5. The standard InChI is InChI=1S/C6H6ClFN2/c7-6-4(8)1-3(9)2-5(6)10/h1-2H,9-10H2. The Balaban J connectivity index is 3.31. The van der Waals surface area contributed by atoms with E-state index in [9.17, 15) is 4.39 Å². The van der Waals surface area contributed by atoms with Crippen LogP contribution in [0.3, 0.4) is 0 Å². The lowest BCUT2D eigenvalue weighted by molar-refractivity contribution is 0.629. The molecule has 4 heteroatoms. The van der Waals surface area contributed by atoms with Gasteiger partial charge in [0, 0.05) is 5.69 Å². The number of benzene rings is 1. The summed E-state index contributed by atoms with van der Waals surface area (Å²) in [5, 5.41) is -0.0748. The molecule has 1 rings (SSSR count). The molecule has 1 aromatic carbocycles. The van der Waals surface area contributed by atoms with Crippen LogP contribution < -0.4 is 11.5 Å². The second kappa shape index (κ2) is 2.34. The van der Waals surface area contributed by atoms with Crippen molar-refractivity contribution in [2.45, 2.75) is 0 Å². The average Bonchev–Trinajstić information content (AvgIpc) is 1.82. The molecule has 0 saturated heterocycles. The second-order valence-electron chi connectivity index (χ2n) is 1.91. The fourth-order valence-electron chi connectivity index (χ4n) is 0.632. The summed E-state index contributed by atoms with van der Waals surface area (Å²) in [5.41, 5.74) is 11.0. The Morgan fingerprint density at radius 1 is 1.30 bits per heavy atom. The molecular weight excluding hydrogens is 155 g/mol. The third-order valence-corrected chi connectivity index (χ3v) is 1.48. The van der Waals surface area contributed by atoms with Crippen molar-refractivity contribution >= 4 is 23.0 Å². The molecule has 0 radical (unpaired) electrons. The van der Waals surface area contributed by atoms with Crippen LogP contribution in [0.4, 0.5) is 15.8 Å². The van der Waals surface area contributed by atoms with Gasteiger partial charge in [-0.3, -0.25) is 0 Å². The smallest absolute Gasteiger partial charge is 0.145 e. The van der Waals surface area contributed by atoms with Gasteiger partial charge in [-0.2, -0.15) is 0 Å². The van der Waals surface area contributed by atoms with Crippen molar-refractivity contribution in [3.8, 4) is 0 Å². The third-order valence-electron chi connectivity index (χ3n) is 1.08. The van der Waals surface area contributed by atoms with Gasteiger partial charge in [0.1, 0.15) is 5.82 Å². The largest absolute Gasteiger partial charge is 0.399 e. The number of rotatable bonds is 0. The number of halogens is 2. The first kappa shape index (κ1) is 7.15. The molecule has 0 fully saturated rings. The van der Waals surface area contributed by atoms with Crippen LogP contribution in [-0.4, -0.2) is 0 Å². The summed E-state index contributed by atoms with van der Waals surface area (Å²) >= 11 is 5.39. The SMILES string of the molecule is Nc1cc(N)c(Cl)c(F)c1. The van der Waals surface area contributed by atoms with Crippen molar-refractivity contribution in [3.05, 3.63) is 23.0 Å². The summed E-state index contributed by atoms with van der Waals surface area (Å²) in [6.07, 6.45) is 0. The Kier molecular flexibility index (Phi) is 1.68. The topological polar surface area (TPSA) is 52.0 Å². The molecule has 0 unspecified atom stereocenters. The van der Waals surface area contributed by atoms with Gasteiger partial charge < -0.3 is 11.5 Å². The third kappa shape index (κ3) is 1.14. The van der Waals surface area contributed by atoms with E-state index in [-0.39, 0.29) is 16.4 Å². The Hall–Kier alpha value is -0.960. The summed E-state index contributed by atoms with van der Waals surface area (Å²) < 4.78 is 12.5. The number of nitrogens with two attached hydrogens (primary N) is 2. The van der Waals surface area contributed by atoms with E-state index < -0.39 is 5.82 Å². The quantitative estimate of drug-likeness (QED) is 0.567.